The predicted molar refractivity (Wildman–Crippen MR) is 110 cm³/mol. The molecule has 4 aromatic rings. The van der Waals surface area contributed by atoms with Gasteiger partial charge in [-0.3, -0.25) is 4.72 Å². The van der Waals surface area contributed by atoms with Crippen LogP contribution < -0.4 is 4.72 Å². The summed E-state index contributed by atoms with van der Waals surface area (Å²) in [7, 11) is -3.73. The minimum absolute atomic E-state index is 0.204. The molecule has 2 aromatic carbocycles. The smallest absolute Gasteiger partial charge is 0.268 e. The molecule has 2 heterocycles. The molecule has 0 spiro atoms. The average molecular weight is 412 g/mol. The number of hydrogen-bond donors (Lipinski definition) is 1. The van der Waals surface area contributed by atoms with Gasteiger partial charge in [0.1, 0.15) is 4.90 Å². The molecule has 0 aliphatic carbocycles. The van der Waals surface area contributed by atoms with Crippen LogP contribution in [0.3, 0.4) is 0 Å². The van der Waals surface area contributed by atoms with Crippen LogP contribution in [0.4, 0.5) is 5.69 Å². The molecule has 0 fully saturated rings. The van der Waals surface area contributed by atoms with Crippen LogP contribution in [0.2, 0.25) is 0 Å². The first-order valence-electron chi connectivity index (χ1n) is 8.52. The fourth-order valence-electron chi connectivity index (χ4n) is 2.75. The molecule has 4 rings (SSSR count). The van der Waals surface area contributed by atoms with Gasteiger partial charge in [0.25, 0.3) is 15.9 Å². The molecule has 0 atom stereocenters. The molecule has 0 bridgehead atoms. The first-order valence-corrected chi connectivity index (χ1v) is 10.8. The number of thiophene rings is 1. The van der Waals surface area contributed by atoms with Crippen LogP contribution in [-0.4, -0.2) is 18.6 Å². The van der Waals surface area contributed by atoms with Gasteiger partial charge in [-0.2, -0.15) is 4.98 Å². The number of aromatic nitrogens is 2. The molecule has 142 valence electrons. The monoisotopic (exact) mass is 411 g/mol. The summed E-state index contributed by atoms with van der Waals surface area (Å²) in [5.74, 6) is 0.758. The van der Waals surface area contributed by atoms with E-state index in [0.29, 0.717) is 27.2 Å². The van der Waals surface area contributed by atoms with Gasteiger partial charge in [-0.25, -0.2) is 8.42 Å². The quantitative estimate of drug-likeness (QED) is 0.506. The van der Waals surface area contributed by atoms with E-state index in [0.717, 1.165) is 11.1 Å². The highest BCUT2D eigenvalue weighted by atomic mass is 32.2. The third-order valence-corrected chi connectivity index (χ3v) is 6.88. The highest BCUT2D eigenvalue weighted by Crippen LogP contribution is 2.34. The van der Waals surface area contributed by atoms with Crippen molar-refractivity contribution in [3.05, 3.63) is 71.1 Å². The maximum atomic E-state index is 12.9. The number of hydrogen-bond acceptors (Lipinski definition) is 6. The zero-order valence-electron chi connectivity index (χ0n) is 15.2. The van der Waals surface area contributed by atoms with Crippen LogP contribution in [-0.2, 0) is 10.0 Å². The number of para-hydroxylation sites is 1. The highest BCUT2D eigenvalue weighted by Gasteiger charge is 2.23. The number of rotatable bonds is 5. The van der Waals surface area contributed by atoms with Crippen LogP contribution in [0.5, 0.6) is 0 Å². The Morgan fingerprint density at radius 2 is 1.71 bits per heavy atom. The molecule has 0 amide bonds. The van der Waals surface area contributed by atoms with E-state index in [1.165, 1.54) is 11.3 Å². The molecule has 0 aliphatic heterocycles. The second-order valence-electron chi connectivity index (χ2n) is 6.24. The van der Waals surface area contributed by atoms with Crippen molar-refractivity contribution in [2.75, 3.05) is 4.72 Å². The van der Waals surface area contributed by atoms with Crippen molar-refractivity contribution in [3.8, 4) is 22.2 Å². The van der Waals surface area contributed by atoms with Crippen LogP contribution in [0, 0.1) is 13.8 Å². The third-order valence-electron chi connectivity index (χ3n) is 4.22. The summed E-state index contributed by atoms with van der Waals surface area (Å²) in [4.78, 5) is 5.86. The predicted octanol–water partition coefficient (Wildman–Crippen LogP) is 4.88. The van der Waals surface area contributed by atoms with Crippen molar-refractivity contribution in [1.82, 2.24) is 10.1 Å². The topological polar surface area (TPSA) is 85.1 Å². The Morgan fingerprint density at radius 3 is 2.46 bits per heavy atom. The number of aryl methyl sites for hydroxylation is 2. The Kier molecular flexibility index (Phi) is 4.74. The lowest BCUT2D eigenvalue weighted by Gasteiger charge is -2.09. The van der Waals surface area contributed by atoms with Gasteiger partial charge in [0.2, 0.25) is 5.82 Å². The van der Waals surface area contributed by atoms with E-state index in [1.54, 1.807) is 25.1 Å². The summed E-state index contributed by atoms with van der Waals surface area (Å²) in [6.07, 6.45) is 0. The minimum Gasteiger partial charge on any atom is -0.333 e. The second kappa shape index (κ2) is 7.21. The standard InChI is InChI=1S/C20H17N3O3S2/c1-13-8-6-7-11-16(13)23-28(24,25)18-12-17(27-14(18)2)20-21-19(22-26-20)15-9-4-3-5-10-15/h3-12,23H,1-2H3. The van der Waals surface area contributed by atoms with Crippen LogP contribution >= 0.6 is 11.3 Å². The Bertz CT molecular complexity index is 1230. The average Bonchev–Trinajstić information content (AvgIpc) is 3.31. The van der Waals surface area contributed by atoms with Crippen molar-refractivity contribution in [1.29, 1.82) is 0 Å². The first-order chi connectivity index (χ1) is 13.4. The van der Waals surface area contributed by atoms with E-state index in [4.69, 9.17) is 4.52 Å². The zero-order chi connectivity index (χ0) is 19.7. The number of benzene rings is 2. The summed E-state index contributed by atoms with van der Waals surface area (Å²) in [5, 5.41) is 4.00. The number of anilines is 1. The van der Waals surface area contributed by atoms with Crippen molar-refractivity contribution in [2.45, 2.75) is 18.7 Å². The van der Waals surface area contributed by atoms with Gasteiger partial charge >= 0.3 is 0 Å². The summed E-state index contributed by atoms with van der Waals surface area (Å²) in [5.41, 5.74) is 2.24. The van der Waals surface area contributed by atoms with Crippen molar-refractivity contribution in [3.63, 3.8) is 0 Å². The normalized spacial score (nSPS) is 11.5. The molecule has 0 saturated carbocycles. The second-order valence-corrected chi connectivity index (χ2v) is 9.15. The molecular formula is C20H17N3O3S2. The summed E-state index contributed by atoms with van der Waals surface area (Å²) in [6.45, 7) is 3.61. The Labute approximate surface area is 166 Å². The highest BCUT2D eigenvalue weighted by molar-refractivity contribution is 7.93. The zero-order valence-corrected chi connectivity index (χ0v) is 16.8. The Morgan fingerprint density at radius 1 is 1.00 bits per heavy atom. The van der Waals surface area contributed by atoms with E-state index in [1.807, 2.05) is 49.4 Å². The molecule has 0 saturated heterocycles. The van der Waals surface area contributed by atoms with Gasteiger partial charge in [0.15, 0.2) is 0 Å². The van der Waals surface area contributed by atoms with Crippen molar-refractivity contribution >= 4 is 27.0 Å². The van der Waals surface area contributed by atoms with E-state index in [9.17, 15) is 8.42 Å². The van der Waals surface area contributed by atoms with E-state index < -0.39 is 10.0 Å². The summed E-state index contributed by atoms with van der Waals surface area (Å²) in [6, 6.07) is 18.3. The maximum absolute atomic E-state index is 12.9. The van der Waals surface area contributed by atoms with Gasteiger partial charge in [-0.05, 0) is 31.5 Å². The number of sulfonamides is 1. The molecule has 0 aliphatic rings. The number of nitrogens with zero attached hydrogens (tertiary/aromatic N) is 2. The van der Waals surface area contributed by atoms with E-state index >= 15 is 0 Å². The van der Waals surface area contributed by atoms with Crippen molar-refractivity contribution < 1.29 is 12.9 Å². The molecule has 0 radical (unpaired) electrons. The molecule has 0 unspecified atom stereocenters. The lowest BCUT2D eigenvalue weighted by molar-refractivity contribution is 0.433. The summed E-state index contributed by atoms with van der Waals surface area (Å²) >= 11 is 1.30. The van der Waals surface area contributed by atoms with Crippen LogP contribution in [0.15, 0.2) is 70.1 Å². The van der Waals surface area contributed by atoms with Gasteiger partial charge in [0, 0.05) is 10.4 Å². The lowest BCUT2D eigenvalue weighted by atomic mass is 10.2. The molecule has 1 N–H and O–H groups in total. The van der Waals surface area contributed by atoms with Gasteiger partial charge in [-0.15, -0.1) is 11.3 Å². The van der Waals surface area contributed by atoms with E-state index in [-0.39, 0.29) is 4.90 Å². The number of nitrogens with one attached hydrogen (secondary N) is 1. The van der Waals surface area contributed by atoms with Crippen LogP contribution in [0.25, 0.3) is 22.2 Å². The fourth-order valence-corrected chi connectivity index (χ4v) is 5.40. The molecule has 2 aromatic heterocycles. The van der Waals surface area contributed by atoms with Crippen LogP contribution in [0.1, 0.15) is 10.4 Å². The Hall–Kier alpha value is -2.97. The minimum atomic E-state index is -3.73. The molecular weight excluding hydrogens is 394 g/mol. The lowest BCUT2D eigenvalue weighted by Crippen LogP contribution is -2.13. The third kappa shape index (κ3) is 3.56. The molecule has 8 heteroatoms. The largest absolute Gasteiger partial charge is 0.333 e. The summed E-state index contributed by atoms with van der Waals surface area (Å²) < 4.78 is 33.8. The maximum Gasteiger partial charge on any atom is 0.268 e. The SMILES string of the molecule is Cc1ccccc1NS(=O)(=O)c1cc(-c2nc(-c3ccccc3)no2)sc1C. The van der Waals surface area contributed by atoms with E-state index in [2.05, 4.69) is 14.9 Å². The van der Waals surface area contributed by atoms with Gasteiger partial charge in [-0.1, -0.05) is 53.7 Å². The Balaban J connectivity index is 1.66. The van der Waals surface area contributed by atoms with Crippen molar-refractivity contribution in [2.24, 2.45) is 0 Å². The molecule has 28 heavy (non-hydrogen) atoms. The molecule has 6 nitrogen and oxygen atoms in total. The van der Waals surface area contributed by atoms with Gasteiger partial charge < -0.3 is 4.52 Å². The van der Waals surface area contributed by atoms with Gasteiger partial charge in [0.05, 0.1) is 10.6 Å². The first kappa shape index (κ1) is 18.4. The fraction of sp³-hybridized carbons (Fsp3) is 0.100.